The van der Waals surface area contributed by atoms with Crippen LogP contribution in [0.1, 0.15) is 38.2 Å². The number of methoxy groups -OCH3 is 1. The smallest absolute Gasteiger partial charge is 0.118 e. The van der Waals surface area contributed by atoms with Crippen LogP contribution in [0.2, 0.25) is 0 Å². The third-order valence-corrected chi connectivity index (χ3v) is 3.92. The molecule has 0 radical (unpaired) electrons. The Balaban J connectivity index is 1.90. The van der Waals surface area contributed by atoms with Crippen molar-refractivity contribution in [2.45, 2.75) is 44.8 Å². The van der Waals surface area contributed by atoms with Crippen LogP contribution in [0.5, 0.6) is 5.75 Å². The van der Waals surface area contributed by atoms with Gasteiger partial charge in [-0.1, -0.05) is 31.9 Å². The van der Waals surface area contributed by atoms with E-state index in [0.717, 1.165) is 18.8 Å². The summed E-state index contributed by atoms with van der Waals surface area (Å²) in [5.74, 6) is 0.895. The Morgan fingerprint density at radius 1 is 1.16 bits per heavy atom. The molecule has 19 heavy (non-hydrogen) atoms. The molecule has 1 N–H and O–H groups in total. The van der Waals surface area contributed by atoms with Crippen molar-refractivity contribution >= 4 is 0 Å². The summed E-state index contributed by atoms with van der Waals surface area (Å²) in [6, 6.07) is 8.14. The molecule has 0 aromatic heterocycles. The second-order valence-corrected chi connectivity index (χ2v) is 5.31. The van der Waals surface area contributed by atoms with Crippen molar-refractivity contribution in [2.75, 3.05) is 20.2 Å². The zero-order valence-corrected chi connectivity index (χ0v) is 12.1. The Hall–Kier alpha value is -1.06. The molecule has 0 atom stereocenters. The molecule has 2 rings (SSSR count). The van der Waals surface area contributed by atoms with Crippen LogP contribution in [0.3, 0.4) is 0 Å². The molecule has 0 saturated heterocycles. The first-order valence-electron chi connectivity index (χ1n) is 7.25. The minimum absolute atomic E-state index is 0.0515. The predicted octanol–water partition coefficient (Wildman–Crippen LogP) is 3.13. The van der Waals surface area contributed by atoms with Gasteiger partial charge in [0, 0.05) is 6.54 Å². The normalized spacial score (nSPS) is 17.6. The highest BCUT2D eigenvalue weighted by atomic mass is 16.5. The molecule has 0 spiro atoms. The summed E-state index contributed by atoms with van der Waals surface area (Å²) in [5, 5.41) is 3.44. The lowest BCUT2D eigenvalue weighted by atomic mass is 10.0. The van der Waals surface area contributed by atoms with E-state index in [4.69, 9.17) is 9.47 Å². The molecule has 1 aliphatic carbocycles. The standard InChI is InChI=1S/C16H25NO2/c1-3-17-13-16(10-4-5-11-16)19-12-14-6-8-15(18-2)9-7-14/h6-9,17H,3-5,10-13H2,1-2H3. The van der Waals surface area contributed by atoms with E-state index < -0.39 is 0 Å². The van der Waals surface area contributed by atoms with Gasteiger partial charge in [0.2, 0.25) is 0 Å². The van der Waals surface area contributed by atoms with Crippen LogP contribution in [0, 0.1) is 0 Å². The maximum atomic E-state index is 6.25. The monoisotopic (exact) mass is 263 g/mol. The average molecular weight is 263 g/mol. The highest BCUT2D eigenvalue weighted by Gasteiger charge is 2.34. The van der Waals surface area contributed by atoms with Crippen LogP contribution in [0.4, 0.5) is 0 Å². The fraction of sp³-hybridized carbons (Fsp3) is 0.625. The van der Waals surface area contributed by atoms with Crippen LogP contribution in [0.25, 0.3) is 0 Å². The highest BCUT2D eigenvalue weighted by Crippen LogP contribution is 2.33. The van der Waals surface area contributed by atoms with Gasteiger partial charge in [-0.2, -0.15) is 0 Å². The van der Waals surface area contributed by atoms with E-state index in [1.807, 2.05) is 12.1 Å². The molecule has 1 aromatic rings. The van der Waals surface area contributed by atoms with Crippen LogP contribution in [-0.2, 0) is 11.3 Å². The van der Waals surface area contributed by atoms with E-state index in [1.54, 1.807) is 7.11 Å². The van der Waals surface area contributed by atoms with Crippen molar-refractivity contribution < 1.29 is 9.47 Å². The van der Waals surface area contributed by atoms with Gasteiger partial charge in [-0.05, 0) is 37.1 Å². The lowest BCUT2D eigenvalue weighted by Crippen LogP contribution is -2.40. The fourth-order valence-corrected chi connectivity index (χ4v) is 2.70. The lowest BCUT2D eigenvalue weighted by molar-refractivity contribution is -0.0501. The molecule has 0 heterocycles. The molecule has 3 heteroatoms. The number of benzene rings is 1. The SMILES string of the molecule is CCNCC1(OCc2ccc(OC)cc2)CCCC1. The zero-order valence-electron chi connectivity index (χ0n) is 12.1. The predicted molar refractivity (Wildman–Crippen MR) is 77.5 cm³/mol. The summed E-state index contributed by atoms with van der Waals surface area (Å²) in [6.45, 7) is 4.81. The first kappa shape index (κ1) is 14.4. The van der Waals surface area contributed by atoms with Crippen LogP contribution in [-0.4, -0.2) is 25.8 Å². The Morgan fingerprint density at radius 2 is 1.84 bits per heavy atom. The Kier molecular flexibility index (Phi) is 5.23. The maximum absolute atomic E-state index is 6.25. The molecule has 1 saturated carbocycles. The lowest BCUT2D eigenvalue weighted by Gasteiger charge is -2.29. The van der Waals surface area contributed by atoms with Gasteiger partial charge in [0.05, 0.1) is 19.3 Å². The molecule has 3 nitrogen and oxygen atoms in total. The molecule has 0 bridgehead atoms. The second-order valence-electron chi connectivity index (χ2n) is 5.31. The molecular formula is C16H25NO2. The third-order valence-electron chi connectivity index (χ3n) is 3.92. The summed E-state index contributed by atoms with van der Waals surface area (Å²) in [4.78, 5) is 0. The number of nitrogens with one attached hydrogen (secondary N) is 1. The first-order valence-corrected chi connectivity index (χ1v) is 7.25. The summed E-state index contributed by atoms with van der Waals surface area (Å²) in [7, 11) is 1.69. The third kappa shape index (κ3) is 3.95. The van der Waals surface area contributed by atoms with E-state index in [-0.39, 0.29) is 5.60 Å². The molecule has 1 aliphatic rings. The van der Waals surface area contributed by atoms with Crippen molar-refractivity contribution in [3.05, 3.63) is 29.8 Å². The molecule has 0 aliphatic heterocycles. The zero-order chi connectivity index (χ0) is 13.6. The summed E-state index contributed by atoms with van der Waals surface area (Å²) >= 11 is 0. The Morgan fingerprint density at radius 3 is 2.42 bits per heavy atom. The fourth-order valence-electron chi connectivity index (χ4n) is 2.70. The summed E-state index contributed by atoms with van der Waals surface area (Å²) < 4.78 is 11.4. The molecule has 0 unspecified atom stereocenters. The Bertz CT molecular complexity index is 369. The number of ether oxygens (including phenoxy) is 2. The van der Waals surface area contributed by atoms with E-state index >= 15 is 0 Å². The molecule has 1 fully saturated rings. The van der Waals surface area contributed by atoms with Gasteiger partial charge in [-0.15, -0.1) is 0 Å². The number of hydrogen-bond acceptors (Lipinski definition) is 3. The van der Waals surface area contributed by atoms with Gasteiger partial charge in [0.1, 0.15) is 5.75 Å². The van der Waals surface area contributed by atoms with Gasteiger partial charge in [-0.3, -0.25) is 0 Å². The minimum Gasteiger partial charge on any atom is -0.497 e. The van der Waals surface area contributed by atoms with Crippen molar-refractivity contribution in [2.24, 2.45) is 0 Å². The molecule has 1 aromatic carbocycles. The maximum Gasteiger partial charge on any atom is 0.118 e. The van der Waals surface area contributed by atoms with E-state index in [1.165, 1.54) is 31.2 Å². The molecule has 106 valence electrons. The minimum atomic E-state index is 0.0515. The van der Waals surface area contributed by atoms with Gasteiger partial charge < -0.3 is 14.8 Å². The van der Waals surface area contributed by atoms with Crippen LogP contribution < -0.4 is 10.1 Å². The van der Waals surface area contributed by atoms with E-state index in [0.29, 0.717) is 6.61 Å². The van der Waals surface area contributed by atoms with Crippen molar-refractivity contribution in [3.8, 4) is 5.75 Å². The van der Waals surface area contributed by atoms with Gasteiger partial charge in [0.15, 0.2) is 0 Å². The topological polar surface area (TPSA) is 30.5 Å². The van der Waals surface area contributed by atoms with Crippen LogP contribution >= 0.6 is 0 Å². The van der Waals surface area contributed by atoms with Gasteiger partial charge in [-0.25, -0.2) is 0 Å². The summed E-state index contributed by atoms with van der Waals surface area (Å²) in [5.41, 5.74) is 1.26. The Labute approximate surface area is 116 Å². The number of hydrogen-bond donors (Lipinski definition) is 1. The first-order chi connectivity index (χ1) is 9.28. The van der Waals surface area contributed by atoms with Crippen molar-refractivity contribution in [1.29, 1.82) is 0 Å². The van der Waals surface area contributed by atoms with Crippen LogP contribution in [0.15, 0.2) is 24.3 Å². The second kappa shape index (κ2) is 6.92. The largest absolute Gasteiger partial charge is 0.497 e. The van der Waals surface area contributed by atoms with E-state index in [2.05, 4.69) is 24.4 Å². The quantitative estimate of drug-likeness (QED) is 0.820. The summed E-state index contributed by atoms with van der Waals surface area (Å²) in [6.07, 6.45) is 4.92. The van der Waals surface area contributed by atoms with Crippen molar-refractivity contribution in [1.82, 2.24) is 5.32 Å². The number of likely N-dealkylation sites (N-methyl/N-ethyl adjacent to an activating group) is 1. The average Bonchev–Trinajstić information content (AvgIpc) is 2.93. The van der Waals surface area contributed by atoms with Crippen molar-refractivity contribution in [3.63, 3.8) is 0 Å². The van der Waals surface area contributed by atoms with Gasteiger partial charge in [0.25, 0.3) is 0 Å². The van der Waals surface area contributed by atoms with E-state index in [9.17, 15) is 0 Å². The molecular weight excluding hydrogens is 238 g/mol. The highest BCUT2D eigenvalue weighted by molar-refractivity contribution is 5.26. The van der Waals surface area contributed by atoms with Gasteiger partial charge >= 0.3 is 0 Å². The molecule has 0 amide bonds. The number of rotatable bonds is 7.